The number of carbonyl (C=O) groups excluding carboxylic acids is 1. The summed E-state index contributed by atoms with van der Waals surface area (Å²) in [6, 6.07) is 10.0. The normalized spacial score (nSPS) is 13.4. The van der Waals surface area contributed by atoms with Gasteiger partial charge < -0.3 is 5.32 Å². The molecule has 1 amide bonds. The molecule has 0 fully saturated rings. The summed E-state index contributed by atoms with van der Waals surface area (Å²) in [6.45, 7) is -0.0504. The molecule has 1 N–H and O–H groups in total. The van der Waals surface area contributed by atoms with Gasteiger partial charge in [0, 0.05) is 21.5 Å². The molecule has 5 nitrogen and oxygen atoms in total. The zero-order chi connectivity index (χ0) is 19.8. The number of amides is 1. The first kappa shape index (κ1) is 18.3. The first-order chi connectivity index (χ1) is 14.2. The minimum absolute atomic E-state index is 0.0504. The van der Waals surface area contributed by atoms with E-state index < -0.39 is 0 Å². The largest absolute Gasteiger partial charge is 0.324 e. The lowest BCUT2D eigenvalue weighted by Crippen LogP contribution is -2.28. The highest BCUT2D eigenvalue weighted by atomic mass is 32.1. The summed E-state index contributed by atoms with van der Waals surface area (Å²) in [4.78, 5) is 31.9. The molecular formula is C22H19N3O2S2. The lowest BCUT2D eigenvalue weighted by Gasteiger charge is -2.19. The number of anilines is 1. The van der Waals surface area contributed by atoms with E-state index in [-0.39, 0.29) is 18.0 Å². The molecule has 146 valence electrons. The van der Waals surface area contributed by atoms with Crippen LogP contribution < -0.4 is 10.9 Å². The van der Waals surface area contributed by atoms with Crippen LogP contribution in [-0.4, -0.2) is 15.5 Å². The quantitative estimate of drug-likeness (QED) is 0.519. The van der Waals surface area contributed by atoms with Gasteiger partial charge in [-0.2, -0.15) is 0 Å². The highest BCUT2D eigenvalue weighted by Crippen LogP contribution is 2.33. The van der Waals surface area contributed by atoms with Crippen molar-refractivity contribution >= 4 is 44.5 Å². The number of rotatable bonds is 4. The Balaban J connectivity index is 1.44. The smallest absolute Gasteiger partial charge is 0.263 e. The van der Waals surface area contributed by atoms with Gasteiger partial charge in [0.1, 0.15) is 11.4 Å². The number of hydrogen-bond acceptors (Lipinski definition) is 5. The van der Waals surface area contributed by atoms with Crippen molar-refractivity contribution in [2.45, 2.75) is 32.2 Å². The summed E-state index contributed by atoms with van der Waals surface area (Å²) in [6.07, 6.45) is 5.85. The molecule has 1 aromatic carbocycles. The maximum Gasteiger partial charge on any atom is 0.263 e. The molecule has 0 radical (unpaired) electrons. The number of hydrogen-bond donors (Lipinski definition) is 1. The SMILES string of the molecule is O=C(Cn1cnc2scc(-c3cccs3)c2c1=O)Nc1cccc2c1CCCC2. The molecule has 0 unspecified atom stereocenters. The predicted molar refractivity (Wildman–Crippen MR) is 119 cm³/mol. The van der Waals surface area contributed by atoms with Crippen molar-refractivity contribution in [3.05, 3.63) is 68.9 Å². The molecule has 0 saturated heterocycles. The van der Waals surface area contributed by atoms with Gasteiger partial charge in [0.15, 0.2) is 0 Å². The topological polar surface area (TPSA) is 64.0 Å². The summed E-state index contributed by atoms with van der Waals surface area (Å²) >= 11 is 3.04. The molecule has 0 bridgehead atoms. The van der Waals surface area contributed by atoms with E-state index in [9.17, 15) is 9.59 Å². The van der Waals surface area contributed by atoms with Crippen LogP contribution in [0.1, 0.15) is 24.0 Å². The minimum Gasteiger partial charge on any atom is -0.324 e. The van der Waals surface area contributed by atoms with Crippen LogP contribution in [0.2, 0.25) is 0 Å². The summed E-state index contributed by atoms with van der Waals surface area (Å²) in [5, 5.41) is 7.55. The molecule has 0 aliphatic heterocycles. The van der Waals surface area contributed by atoms with Crippen LogP contribution in [-0.2, 0) is 24.2 Å². The second-order valence-corrected chi connectivity index (χ2v) is 8.99. The number of nitrogens with one attached hydrogen (secondary N) is 1. The Labute approximate surface area is 175 Å². The Kier molecular flexibility index (Phi) is 4.77. The Morgan fingerprint density at radius 2 is 2.03 bits per heavy atom. The predicted octanol–water partition coefficient (Wildman–Crippen LogP) is 4.70. The molecule has 3 heterocycles. The lowest BCUT2D eigenvalue weighted by molar-refractivity contribution is -0.116. The van der Waals surface area contributed by atoms with Crippen molar-refractivity contribution in [3.63, 3.8) is 0 Å². The fourth-order valence-corrected chi connectivity index (χ4v) is 5.66. The van der Waals surface area contributed by atoms with Gasteiger partial charge in [0.25, 0.3) is 5.56 Å². The van der Waals surface area contributed by atoms with E-state index in [2.05, 4.69) is 16.4 Å². The van der Waals surface area contributed by atoms with Crippen molar-refractivity contribution in [2.24, 2.45) is 0 Å². The lowest BCUT2D eigenvalue weighted by atomic mass is 9.90. The monoisotopic (exact) mass is 421 g/mol. The van der Waals surface area contributed by atoms with Crippen LogP contribution in [0.5, 0.6) is 0 Å². The maximum absolute atomic E-state index is 13.1. The average molecular weight is 422 g/mol. The van der Waals surface area contributed by atoms with Crippen LogP contribution in [0, 0.1) is 0 Å². The Bertz CT molecular complexity index is 1260. The van der Waals surface area contributed by atoms with Crippen molar-refractivity contribution in [2.75, 3.05) is 5.32 Å². The van der Waals surface area contributed by atoms with E-state index in [1.165, 1.54) is 39.8 Å². The standard InChI is InChI=1S/C22H19N3O2S2/c26-19(24-17-8-3-6-14-5-1-2-7-15(14)17)11-25-13-23-21-20(22(25)27)16(12-29-21)18-9-4-10-28-18/h3-4,6,8-10,12-13H,1-2,5,7,11H2,(H,24,26). The number of carbonyl (C=O) groups is 1. The number of benzene rings is 1. The Morgan fingerprint density at radius 3 is 2.90 bits per heavy atom. The van der Waals surface area contributed by atoms with Crippen molar-refractivity contribution in [1.82, 2.24) is 9.55 Å². The average Bonchev–Trinajstić information content (AvgIpc) is 3.40. The Morgan fingerprint density at radius 1 is 1.14 bits per heavy atom. The van der Waals surface area contributed by atoms with Crippen molar-refractivity contribution in [3.8, 4) is 10.4 Å². The summed E-state index contributed by atoms with van der Waals surface area (Å²) in [7, 11) is 0. The molecule has 1 aliphatic carbocycles. The molecule has 4 aromatic rings. The van der Waals surface area contributed by atoms with Crippen molar-refractivity contribution < 1.29 is 4.79 Å². The van der Waals surface area contributed by atoms with E-state index >= 15 is 0 Å². The zero-order valence-corrected chi connectivity index (χ0v) is 17.3. The fourth-order valence-electron chi connectivity index (χ4n) is 3.94. The summed E-state index contributed by atoms with van der Waals surface area (Å²) in [5.41, 5.74) is 4.12. The van der Waals surface area contributed by atoms with Gasteiger partial charge >= 0.3 is 0 Å². The molecule has 29 heavy (non-hydrogen) atoms. The van der Waals surface area contributed by atoms with Crippen LogP contribution in [0.4, 0.5) is 5.69 Å². The van der Waals surface area contributed by atoms with E-state index in [4.69, 9.17) is 0 Å². The van der Waals surface area contributed by atoms with Crippen LogP contribution in [0.3, 0.4) is 0 Å². The zero-order valence-electron chi connectivity index (χ0n) is 15.7. The van der Waals surface area contributed by atoms with Gasteiger partial charge in [-0.15, -0.1) is 22.7 Å². The highest BCUT2D eigenvalue weighted by Gasteiger charge is 2.17. The van der Waals surface area contributed by atoms with Gasteiger partial charge in [0.05, 0.1) is 11.7 Å². The number of aryl methyl sites for hydroxylation is 1. The third-order valence-corrected chi connectivity index (χ3v) is 7.12. The first-order valence-corrected chi connectivity index (χ1v) is 11.4. The number of thiophene rings is 2. The molecule has 0 spiro atoms. The number of nitrogens with zero attached hydrogens (tertiary/aromatic N) is 2. The number of aromatic nitrogens is 2. The highest BCUT2D eigenvalue weighted by molar-refractivity contribution is 7.18. The maximum atomic E-state index is 13.1. The van der Waals surface area contributed by atoms with E-state index in [1.54, 1.807) is 11.3 Å². The van der Waals surface area contributed by atoms with E-state index in [0.717, 1.165) is 35.4 Å². The van der Waals surface area contributed by atoms with Gasteiger partial charge in [0.2, 0.25) is 5.91 Å². The molecule has 0 saturated carbocycles. The molecule has 3 aromatic heterocycles. The third-order valence-electron chi connectivity index (χ3n) is 5.33. The molecule has 5 rings (SSSR count). The van der Waals surface area contributed by atoms with Crippen LogP contribution in [0.15, 0.2) is 52.2 Å². The van der Waals surface area contributed by atoms with E-state index in [1.807, 2.05) is 35.0 Å². The van der Waals surface area contributed by atoms with Gasteiger partial charge in [-0.05, 0) is 54.3 Å². The van der Waals surface area contributed by atoms with Gasteiger partial charge in [-0.1, -0.05) is 18.2 Å². The first-order valence-electron chi connectivity index (χ1n) is 9.62. The van der Waals surface area contributed by atoms with E-state index in [0.29, 0.717) is 10.2 Å². The van der Waals surface area contributed by atoms with Crippen molar-refractivity contribution in [1.29, 1.82) is 0 Å². The fraction of sp³-hybridized carbons (Fsp3) is 0.227. The van der Waals surface area contributed by atoms with Crippen LogP contribution in [0.25, 0.3) is 20.7 Å². The van der Waals surface area contributed by atoms with Crippen LogP contribution >= 0.6 is 22.7 Å². The summed E-state index contributed by atoms with van der Waals surface area (Å²) < 4.78 is 1.40. The molecule has 0 atom stereocenters. The second-order valence-electron chi connectivity index (χ2n) is 7.18. The third kappa shape index (κ3) is 3.41. The minimum atomic E-state index is -0.208. The Hall–Kier alpha value is -2.77. The molecule has 7 heteroatoms. The van der Waals surface area contributed by atoms with Gasteiger partial charge in [-0.3, -0.25) is 14.2 Å². The second kappa shape index (κ2) is 7.57. The molecular weight excluding hydrogens is 402 g/mol. The van der Waals surface area contributed by atoms with Gasteiger partial charge in [-0.25, -0.2) is 4.98 Å². The summed E-state index contributed by atoms with van der Waals surface area (Å²) in [5.74, 6) is -0.208. The molecule has 1 aliphatic rings. The number of fused-ring (bicyclic) bond motifs is 2.